The molecule has 0 amide bonds. The molecule has 17 heavy (non-hydrogen) atoms. The van der Waals surface area contributed by atoms with Crippen molar-refractivity contribution in [3.05, 3.63) is 16.1 Å². The van der Waals surface area contributed by atoms with Crippen molar-refractivity contribution in [2.45, 2.75) is 39.2 Å². The number of hydrogen-bond acceptors (Lipinski definition) is 4. The first-order chi connectivity index (χ1) is 8.28. The smallest absolute Gasteiger partial charge is 0.0925 e. The van der Waals surface area contributed by atoms with E-state index in [-0.39, 0.29) is 0 Å². The van der Waals surface area contributed by atoms with Crippen LogP contribution >= 0.6 is 11.3 Å². The zero-order valence-corrected chi connectivity index (χ0v) is 11.6. The highest BCUT2D eigenvalue weighted by atomic mass is 32.1. The largest absolute Gasteiger partial charge is 0.385 e. The summed E-state index contributed by atoms with van der Waals surface area (Å²) in [6.07, 6.45) is 6.95. The lowest BCUT2D eigenvalue weighted by Crippen LogP contribution is -2.24. The summed E-state index contributed by atoms with van der Waals surface area (Å²) in [7, 11) is 1.78. The summed E-state index contributed by atoms with van der Waals surface area (Å²) in [6.45, 7) is 5.13. The first kappa shape index (κ1) is 13.0. The third kappa shape index (κ3) is 3.76. The predicted molar refractivity (Wildman–Crippen MR) is 71.4 cm³/mol. The van der Waals surface area contributed by atoms with Crippen LogP contribution in [-0.4, -0.2) is 25.2 Å². The quantitative estimate of drug-likeness (QED) is 0.774. The molecule has 0 spiro atoms. The molecule has 0 saturated heterocycles. The number of hydrogen-bond donors (Lipinski definition) is 1. The summed E-state index contributed by atoms with van der Waals surface area (Å²) in [6, 6.07) is 0. The van der Waals surface area contributed by atoms with E-state index in [0.29, 0.717) is 5.41 Å². The average Bonchev–Trinajstić information content (AvgIpc) is 2.96. The van der Waals surface area contributed by atoms with E-state index < -0.39 is 0 Å². The number of methoxy groups -OCH3 is 1. The van der Waals surface area contributed by atoms with Crippen molar-refractivity contribution in [1.29, 1.82) is 0 Å². The van der Waals surface area contributed by atoms with Gasteiger partial charge in [0, 0.05) is 37.9 Å². The van der Waals surface area contributed by atoms with Crippen molar-refractivity contribution in [2.24, 2.45) is 5.41 Å². The number of rotatable bonds is 8. The Balaban J connectivity index is 1.69. The lowest BCUT2D eigenvalue weighted by Gasteiger charge is -2.14. The van der Waals surface area contributed by atoms with Crippen LogP contribution in [0.5, 0.6) is 0 Å². The summed E-state index contributed by atoms with van der Waals surface area (Å²) < 4.78 is 5.16. The second-order valence-corrected chi connectivity index (χ2v) is 6.12. The van der Waals surface area contributed by atoms with E-state index in [4.69, 9.17) is 4.74 Å². The zero-order valence-electron chi connectivity index (χ0n) is 10.8. The van der Waals surface area contributed by atoms with Gasteiger partial charge in [0.05, 0.1) is 5.01 Å². The van der Waals surface area contributed by atoms with Crippen LogP contribution in [-0.2, 0) is 17.7 Å². The molecule has 0 bridgehead atoms. The molecule has 0 radical (unpaired) electrons. The fourth-order valence-corrected chi connectivity index (χ4v) is 2.89. The Morgan fingerprint density at radius 1 is 1.53 bits per heavy atom. The molecule has 1 aliphatic carbocycles. The first-order valence-electron chi connectivity index (χ1n) is 6.41. The maximum Gasteiger partial charge on any atom is 0.0925 e. The lowest BCUT2D eigenvalue weighted by molar-refractivity contribution is 0.171. The van der Waals surface area contributed by atoms with Crippen LogP contribution in [0.4, 0.5) is 0 Å². The van der Waals surface area contributed by atoms with Gasteiger partial charge >= 0.3 is 0 Å². The van der Waals surface area contributed by atoms with Gasteiger partial charge in [-0.05, 0) is 31.1 Å². The third-order valence-corrected chi connectivity index (χ3v) is 4.64. The van der Waals surface area contributed by atoms with E-state index in [1.54, 1.807) is 7.11 Å². The molecule has 1 fully saturated rings. The molecule has 96 valence electrons. The fourth-order valence-electron chi connectivity index (χ4n) is 2.05. The van der Waals surface area contributed by atoms with Gasteiger partial charge < -0.3 is 10.1 Å². The van der Waals surface area contributed by atoms with Gasteiger partial charge in [-0.1, -0.05) is 6.92 Å². The minimum absolute atomic E-state index is 0.536. The van der Waals surface area contributed by atoms with E-state index in [9.17, 15) is 0 Å². The van der Waals surface area contributed by atoms with Crippen LogP contribution in [0, 0.1) is 5.41 Å². The van der Waals surface area contributed by atoms with E-state index in [1.165, 1.54) is 29.1 Å². The third-order valence-electron chi connectivity index (χ3n) is 3.50. The second kappa shape index (κ2) is 5.94. The van der Waals surface area contributed by atoms with Crippen molar-refractivity contribution in [1.82, 2.24) is 10.3 Å². The number of nitrogens with zero attached hydrogens (tertiary/aromatic N) is 1. The second-order valence-electron chi connectivity index (χ2n) is 4.92. The highest BCUT2D eigenvalue weighted by Gasteiger charge is 2.41. The van der Waals surface area contributed by atoms with Crippen LogP contribution in [0.1, 0.15) is 36.1 Å². The lowest BCUT2D eigenvalue weighted by atomic mass is 10.0. The maximum atomic E-state index is 5.16. The van der Waals surface area contributed by atoms with Gasteiger partial charge in [0.25, 0.3) is 0 Å². The number of nitrogens with one attached hydrogen (secondary N) is 1. The average molecular weight is 254 g/mol. The number of aromatic nitrogens is 1. The van der Waals surface area contributed by atoms with Gasteiger partial charge in [-0.25, -0.2) is 4.98 Å². The molecule has 2 rings (SSSR count). The minimum atomic E-state index is 0.536. The molecule has 1 saturated carbocycles. The van der Waals surface area contributed by atoms with E-state index >= 15 is 0 Å². The van der Waals surface area contributed by atoms with Crippen molar-refractivity contribution >= 4 is 11.3 Å². The van der Waals surface area contributed by atoms with Crippen LogP contribution in [0.3, 0.4) is 0 Å². The molecular formula is C13H22N2OS. The molecule has 0 atom stereocenters. The Kier molecular flexibility index (Phi) is 4.54. The first-order valence-corrected chi connectivity index (χ1v) is 7.23. The van der Waals surface area contributed by atoms with Gasteiger partial charge in [0.15, 0.2) is 0 Å². The van der Waals surface area contributed by atoms with Gasteiger partial charge in [0.2, 0.25) is 0 Å². The van der Waals surface area contributed by atoms with Crippen molar-refractivity contribution in [3.8, 4) is 0 Å². The Morgan fingerprint density at radius 2 is 2.35 bits per heavy atom. The summed E-state index contributed by atoms with van der Waals surface area (Å²) in [4.78, 5) is 5.72. The Labute approximate surface area is 108 Å². The molecule has 1 heterocycles. The minimum Gasteiger partial charge on any atom is -0.385 e. The molecular weight excluding hydrogens is 232 g/mol. The van der Waals surface area contributed by atoms with Crippen LogP contribution in [0.25, 0.3) is 0 Å². The van der Waals surface area contributed by atoms with Crippen LogP contribution in [0.15, 0.2) is 6.20 Å². The fraction of sp³-hybridized carbons (Fsp3) is 0.769. The monoisotopic (exact) mass is 254 g/mol. The molecule has 1 aliphatic rings. The summed E-state index contributed by atoms with van der Waals surface area (Å²) >= 11 is 1.82. The van der Waals surface area contributed by atoms with E-state index in [1.807, 2.05) is 17.5 Å². The Morgan fingerprint density at radius 3 is 2.94 bits per heavy atom. The van der Waals surface area contributed by atoms with Gasteiger partial charge in [-0.2, -0.15) is 0 Å². The topological polar surface area (TPSA) is 34.2 Å². The maximum absolute atomic E-state index is 5.16. The normalized spacial score (nSPS) is 17.3. The molecule has 0 aliphatic heterocycles. The summed E-state index contributed by atoms with van der Waals surface area (Å²) in [5, 5.41) is 4.80. The number of aryl methyl sites for hydroxylation is 1. The SMILES string of the molecule is CCc1ncc(CNCC2(CCOC)CC2)s1. The van der Waals surface area contributed by atoms with Gasteiger partial charge in [0.1, 0.15) is 0 Å². The molecule has 1 aromatic rings. The van der Waals surface area contributed by atoms with Crippen LogP contribution in [0.2, 0.25) is 0 Å². The van der Waals surface area contributed by atoms with Gasteiger partial charge in [-0.15, -0.1) is 11.3 Å². The van der Waals surface area contributed by atoms with E-state index in [2.05, 4.69) is 17.2 Å². The molecule has 1 N–H and O–H groups in total. The molecule has 3 nitrogen and oxygen atoms in total. The molecule has 1 aromatic heterocycles. The Bertz CT molecular complexity index is 347. The van der Waals surface area contributed by atoms with Crippen molar-refractivity contribution in [2.75, 3.05) is 20.3 Å². The zero-order chi connectivity index (χ0) is 12.1. The molecule has 0 unspecified atom stereocenters. The predicted octanol–water partition coefficient (Wildman–Crippen LogP) is 2.61. The summed E-state index contributed by atoms with van der Waals surface area (Å²) in [5.74, 6) is 0. The molecule has 4 heteroatoms. The Hall–Kier alpha value is -0.450. The van der Waals surface area contributed by atoms with Crippen LogP contribution < -0.4 is 5.32 Å². The van der Waals surface area contributed by atoms with Gasteiger partial charge in [-0.3, -0.25) is 0 Å². The van der Waals surface area contributed by atoms with Crippen molar-refractivity contribution < 1.29 is 4.74 Å². The highest BCUT2D eigenvalue weighted by molar-refractivity contribution is 7.11. The van der Waals surface area contributed by atoms with Crippen molar-refractivity contribution in [3.63, 3.8) is 0 Å². The number of ether oxygens (including phenoxy) is 1. The molecule has 0 aromatic carbocycles. The standard InChI is InChI=1S/C13H22N2OS/c1-3-12-15-9-11(17-12)8-14-10-13(4-5-13)6-7-16-2/h9,14H,3-8,10H2,1-2H3. The number of thiazole rings is 1. The highest BCUT2D eigenvalue weighted by Crippen LogP contribution is 2.48. The summed E-state index contributed by atoms with van der Waals surface area (Å²) in [5.41, 5.74) is 0.536. The van der Waals surface area contributed by atoms with E-state index in [0.717, 1.165) is 26.1 Å².